The van der Waals surface area contributed by atoms with Crippen LogP contribution in [0.25, 0.3) is 10.6 Å². The molecule has 3 aromatic rings. The summed E-state index contributed by atoms with van der Waals surface area (Å²) in [5.74, 6) is 0.295. The lowest BCUT2D eigenvalue weighted by Crippen LogP contribution is -2.15. The number of ether oxygens (including phenoxy) is 3. The Kier molecular flexibility index (Phi) is 5.82. The number of rotatable bonds is 5. The van der Waals surface area contributed by atoms with Gasteiger partial charge in [0.15, 0.2) is 6.79 Å². The second-order valence-electron chi connectivity index (χ2n) is 6.16. The van der Waals surface area contributed by atoms with E-state index in [0.29, 0.717) is 28.1 Å². The first-order valence-corrected chi connectivity index (χ1v) is 10.1. The molecule has 8 heteroatoms. The summed E-state index contributed by atoms with van der Waals surface area (Å²) in [5.41, 5.74) is 3.14. The number of esters is 1. The maximum atomic E-state index is 12.3. The molecule has 0 unspecified atom stereocenters. The summed E-state index contributed by atoms with van der Waals surface area (Å²) in [7, 11) is 0. The Balaban J connectivity index is 1.40. The maximum Gasteiger partial charge on any atom is 0.312 e. The summed E-state index contributed by atoms with van der Waals surface area (Å²) < 4.78 is 16.2. The zero-order chi connectivity index (χ0) is 19.5. The number of carbonyl (C=O) groups is 1. The normalized spacial score (nSPS) is 12.9. The van der Waals surface area contributed by atoms with Crippen LogP contribution in [-0.4, -0.2) is 17.7 Å². The van der Waals surface area contributed by atoms with Crippen LogP contribution in [0.4, 0.5) is 0 Å². The highest BCUT2D eigenvalue weighted by molar-refractivity contribution is 7.13. The molecule has 0 saturated heterocycles. The second kappa shape index (κ2) is 8.49. The third kappa shape index (κ3) is 4.47. The first-order valence-electron chi connectivity index (χ1n) is 8.46. The third-order valence-electron chi connectivity index (χ3n) is 4.09. The molecule has 1 aromatic heterocycles. The molecule has 4 rings (SSSR count). The summed E-state index contributed by atoms with van der Waals surface area (Å²) in [6.07, 6.45) is 0.0871. The van der Waals surface area contributed by atoms with E-state index in [1.165, 1.54) is 11.3 Å². The second-order valence-corrected chi connectivity index (χ2v) is 7.89. The number of fused-ring (bicyclic) bond motifs is 1. The monoisotopic (exact) mass is 435 g/mol. The molecule has 0 amide bonds. The number of halogens is 2. The molecule has 5 nitrogen and oxygen atoms in total. The molecular weight excluding hydrogens is 421 g/mol. The Labute approximate surface area is 175 Å². The zero-order valence-electron chi connectivity index (χ0n) is 14.6. The van der Waals surface area contributed by atoms with Crippen molar-refractivity contribution in [2.24, 2.45) is 0 Å². The van der Waals surface area contributed by atoms with E-state index in [1.807, 2.05) is 23.6 Å². The minimum atomic E-state index is -0.372. The molecule has 2 aromatic carbocycles. The first kappa shape index (κ1) is 19.2. The first-order chi connectivity index (χ1) is 13.6. The van der Waals surface area contributed by atoms with Crippen molar-refractivity contribution in [1.29, 1.82) is 0 Å². The maximum absolute atomic E-state index is 12.3. The Hall–Kier alpha value is -2.12. The number of carbonyl (C=O) groups excluding carboxylic acids is 1. The van der Waals surface area contributed by atoms with Gasteiger partial charge in [0, 0.05) is 32.1 Å². The van der Waals surface area contributed by atoms with Gasteiger partial charge in [0.25, 0.3) is 0 Å². The van der Waals surface area contributed by atoms with E-state index in [-0.39, 0.29) is 25.8 Å². The van der Waals surface area contributed by atoms with Crippen LogP contribution >= 0.6 is 34.5 Å². The number of thiazole rings is 1. The van der Waals surface area contributed by atoms with Crippen molar-refractivity contribution in [2.75, 3.05) is 6.79 Å². The van der Waals surface area contributed by atoms with E-state index >= 15 is 0 Å². The van der Waals surface area contributed by atoms with Gasteiger partial charge in [-0.15, -0.1) is 11.3 Å². The molecule has 1 aliphatic rings. The predicted octanol–water partition coefficient (Wildman–Crippen LogP) is 5.27. The van der Waals surface area contributed by atoms with E-state index in [9.17, 15) is 4.79 Å². The summed E-state index contributed by atoms with van der Waals surface area (Å²) in [5, 5.41) is 3.84. The topological polar surface area (TPSA) is 57.7 Å². The van der Waals surface area contributed by atoms with Crippen molar-refractivity contribution in [3.8, 4) is 16.3 Å². The fourth-order valence-electron chi connectivity index (χ4n) is 2.86. The summed E-state index contributed by atoms with van der Waals surface area (Å²) in [6, 6.07) is 11.0. The molecular formula is C20H15Cl2NO4S. The van der Waals surface area contributed by atoms with E-state index in [2.05, 4.69) is 4.98 Å². The van der Waals surface area contributed by atoms with E-state index in [4.69, 9.17) is 37.4 Å². The lowest BCUT2D eigenvalue weighted by Gasteiger charge is -2.21. The molecule has 0 fully saturated rings. The minimum Gasteiger partial charge on any atom is -0.467 e. The Morgan fingerprint density at radius 2 is 2.11 bits per heavy atom. The molecule has 0 atom stereocenters. The van der Waals surface area contributed by atoms with Gasteiger partial charge in [-0.3, -0.25) is 4.79 Å². The average molecular weight is 436 g/mol. The van der Waals surface area contributed by atoms with Crippen LogP contribution in [0.2, 0.25) is 10.0 Å². The Morgan fingerprint density at radius 1 is 1.21 bits per heavy atom. The van der Waals surface area contributed by atoms with Crippen molar-refractivity contribution in [3.63, 3.8) is 0 Å². The summed E-state index contributed by atoms with van der Waals surface area (Å²) in [6.45, 7) is 0.662. The zero-order valence-corrected chi connectivity index (χ0v) is 16.9. The van der Waals surface area contributed by atoms with Gasteiger partial charge < -0.3 is 14.2 Å². The molecule has 0 N–H and O–H groups in total. The summed E-state index contributed by atoms with van der Waals surface area (Å²) in [4.78, 5) is 16.8. The van der Waals surface area contributed by atoms with Crippen molar-refractivity contribution in [2.45, 2.75) is 19.6 Å². The van der Waals surface area contributed by atoms with Gasteiger partial charge in [0.05, 0.1) is 18.7 Å². The highest BCUT2D eigenvalue weighted by atomic mass is 35.5. The molecule has 0 saturated carbocycles. The van der Waals surface area contributed by atoms with Gasteiger partial charge in [-0.1, -0.05) is 35.3 Å². The van der Waals surface area contributed by atoms with Crippen molar-refractivity contribution >= 4 is 40.5 Å². The van der Waals surface area contributed by atoms with Crippen LogP contribution in [-0.2, 0) is 33.9 Å². The lowest BCUT2D eigenvalue weighted by atomic mass is 10.1. The van der Waals surface area contributed by atoms with Gasteiger partial charge in [-0.05, 0) is 24.3 Å². The average Bonchev–Trinajstić information content (AvgIpc) is 3.14. The fraction of sp³-hybridized carbons (Fsp3) is 0.200. The van der Waals surface area contributed by atoms with Gasteiger partial charge in [0.1, 0.15) is 17.4 Å². The lowest BCUT2D eigenvalue weighted by molar-refractivity contribution is -0.144. The fourth-order valence-corrected chi connectivity index (χ4v) is 4.13. The van der Waals surface area contributed by atoms with Crippen LogP contribution in [0.15, 0.2) is 41.8 Å². The van der Waals surface area contributed by atoms with Crippen LogP contribution in [0, 0.1) is 0 Å². The summed E-state index contributed by atoms with van der Waals surface area (Å²) >= 11 is 13.6. The predicted molar refractivity (Wildman–Crippen MR) is 108 cm³/mol. The van der Waals surface area contributed by atoms with E-state index in [1.54, 1.807) is 18.2 Å². The van der Waals surface area contributed by atoms with Gasteiger partial charge >= 0.3 is 5.97 Å². The molecule has 28 heavy (non-hydrogen) atoms. The molecule has 0 radical (unpaired) electrons. The van der Waals surface area contributed by atoms with Gasteiger partial charge in [0.2, 0.25) is 0 Å². The number of hydrogen-bond donors (Lipinski definition) is 0. The smallest absolute Gasteiger partial charge is 0.312 e. The van der Waals surface area contributed by atoms with Crippen LogP contribution < -0.4 is 4.74 Å². The number of nitrogens with zero attached hydrogens (tertiary/aromatic N) is 1. The molecule has 0 bridgehead atoms. The van der Waals surface area contributed by atoms with Gasteiger partial charge in [-0.2, -0.15) is 0 Å². The van der Waals surface area contributed by atoms with E-state index in [0.717, 1.165) is 21.7 Å². The number of benzene rings is 2. The highest BCUT2D eigenvalue weighted by Gasteiger charge is 2.18. The van der Waals surface area contributed by atoms with Gasteiger partial charge in [-0.25, -0.2) is 4.98 Å². The molecule has 1 aliphatic heterocycles. The standard InChI is InChI=1S/C20H15Cl2NO4S/c21-15-3-1-2-12(4-15)20-23-17(10-28-20)7-18(24)26-9-14-6-16(22)5-13-8-25-11-27-19(13)14/h1-6,10H,7-9,11H2. The quantitative estimate of drug-likeness (QED) is 0.510. The number of hydrogen-bond acceptors (Lipinski definition) is 6. The van der Waals surface area contributed by atoms with Crippen molar-refractivity contribution < 1.29 is 19.0 Å². The van der Waals surface area contributed by atoms with E-state index < -0.39 is 0 Å². The van der Waals surface area contributed by atoms with Crippen LogP contribution in [0.3, 0.4) is 0 Å². The van der Waals surface area contributed by atoms with Crippen LogP contribution in [0.1, 0.15) is 16.8 Å². The highest BCUT2D eigenvalue weighted by Crippen LogP contribution is 2.32. The van der Waals surface area contributed by atoms with Crippen molar-refractivity contribution in [3.05, 3.63) is 68.6 Å². The Bertz CT molecular complexity index is 1020. The molecule has 144 valence electrons. The third-order valence-corrected chi connectivity index (χ3v) is 5.48. The molecule has 2 heterocycles. The largest absolute Gasteiger partial charge is 0.467 e. The SMILES string of the molecule is O=C(Cc1csc(-c2cccc(Cl)c2)n1)OCc1cc(Cl)cc2c1OCOC2. The molecule has 0 spiro atoms. The minimum absolute atomic E-state index is 0.0764. The van der Waals surface area contributed by atoms with Crippen molar-refractivity contribution in [1.82, 2.24) is 4.98 Å². The Morgan fingerprint density at radius 3 is 2.96 bits per heavy atom. The number of aromatic nitrogens is 1. The molecule has 0 aliphatic carbocycles. The van der Waals surface area contributed by atoms with Crippen LogP contribution in [0.5, 0.6) is 5.75 Å².